The number of aliphatic hydroxyl groups is 1. The van der Waals surface area contributed by atoms with E-state index in [4.69, 9.17) is 19.3 Å². The van der Waals surface area contributed by atoms with Gasteiger partial charge in [0.15, 0.2) is 11.5 Å². The normalized spacial score (nSPS) is 13.2. The second-order valence-corrected chi connectivity index (χ2v) is 3.34. The van der Waals surface area contributed by atoms with E-state index in [0.717, 1.165) is 22.6 Å². The van der Waals surface area contributed by atoms with Crippen molar-refractivity contribution in [1.82, 2.24) is 0 Å². The second kappa shape index (κ2) is 4.51. The fourth-order valence-corrected chi connectivity index (χ4v) is 1.73. The lowest BCUT2D eigenvalue weighted by molar-refractivity contribution is 0.162. The predicted molar refractivity (Wildman–Crippen MR) is 54.1 cm³/mol. The van der Waals surface area contributed by atoms with Crippen LogP contribution in [0.2, 0.25) is 0 Å². The SMILES string of the molecule is COCc1c(CCO)ccc2c1OCO2. The van der Waals surface area contributed by atoms with E-state index < -0.39 is 0 Å². The van der Waals surface area contributed by atoms with Gasteiger partial charge >= 0.3 is 0 Å². The fraction of sp³-hybridized carbons (Fsp3) is 0.455. The summed E-state index contributed by atoms with van der Waals surface area (Å²) in [7, 11) is 1.64. The summed E-state index contributed by atoms with van der Waals surface area (Å²) in [6, 6.07) is 3.81. The molecule has 0 spiro atoms. The molecule has 2 rings (SSSR count). The van der Waals surface area contributed by atoms with E-state index in [9.17, 15) is 0 Å². The average molecular weight is 210 g/mol. The molecule has 4 nitrogen and oxygen atoms in total. The lowest BCUT2D eigenvalue weighted by Gasteiger charge is -2.10. The van der Waals surface area contributed by atoms with E-state index >= 15 is 0 Å². The van der Waals surface area contributed by atoms with Crippen molar-refractivity contribution in [3.05, 3.63) is 23.3 Å². The molecule has 4 heteroatoms. The zero-order valence-electron chi connectivity index (χ0n) is 8.66. The lowest BCUT2D eigenvalue weighted by atomic mass is 10.0. The Kier molecular flexibility index (Phi) is 3.08. The van der Waals surface area contributed by atoms with Gasteiger partial charge in [-0.25, -0.2) is 0 Å². The summed E-state index contributed by atoms with van der Waals surface area (Å²) in [5.74, 6) is 1.51. The van der Waals surface area contributed by atoms with Gasteiger partial charge in [0.05, 0.1) is 6.61 Å². The maximum absolute atomic E-state index is 8.95. The topological polar surface area (TPSA) is 47.9 Å². The fourth-order valence-electron chi connectivity index (χ4n) is 1.73. The maximum Gasteiger partial charge on any atom is 0.231 e. The highest BCUT2D eigenvalue weighted by Gasteiger charge is 2.20. The van der Waals surface area contributed by atoms with Crippen molar-refractivity contribution >= 4 is 0 Å². The van der Waals surface area contributed by atoms with Crippen LogP contribution in [0.4, 0.5) is 0 Å². The van der Waals surface area contributed by atoms with Gasteiger partial charge in [-0.3, -0.25) is 0 Å². The van der Waals surface area contributed by atoms with Crippen LogP contribution in [0.5, 0.6) is 11.5 Å². The molecule has 1 aliphatic rings. The largest absolute Gasteiger partial charge is 0.454 e. The highest BCUT2D eigenvalue weighted by molar-refractivity contribution is 5.52. The highest BCUT2D eigenvalue weighted by atomic mass is 16.7. The molecule has 0 saturated carbocycles. The third-order valence-electron chi connectivity index (χ3n) is 2.41. The van der Waals surface area contributed by atoms with E-state index in [-0.39, 0.29) is 13.4 Å². The van der Waals surface area contributed by atoms with Crippen molar-refractivity contribution in [3.63, 3.8) is 0 Å². The number of aliphatic hydroxyl groups excluding tert-OH is 1. The van der Waals surface area contributed by atoms with Crippen LogP contribution in [0.3, 0.4) is 0 Å². The molecule has 1 aromatic rings. The third kappa shape index (κ3) is 1.91. The zero-order chi connectivity index (χ0) is 10.7. The molecule has 1 aromatic carbocycles. The van der Waals surface area contributed by atoms with Gasteiger partial charge in [0.2, 0.25) is 6.79 Å². The molecular weight excluding hydrogens is 196 g/mol. The standard InChI is InChI=1S/C11H14O4/c1-13-6-9-8(4-5-12)2-3-10-11(9)15-7-14-10/h2-3,12H,4-7H2,1H3. The Balaban J connectivity index is 2.38. The Hall–Kier alpha value is -1.26. The summed E-state index contributed by atoms with van der Waals surface area (Å²) in [6.07, 6.45) is 0.606. The van der Waals surface area contributed by atoms with Crippen molar-refractivity contribution in [2.75, 3.05) is 20.5 Å². The van der Waals surface area contributed by atoms with Gasteiger partial charge in [-0.05, 0) is 18.1 Å². The Labute approximate surface area is 88.4 Å². The number of hydrogen-bond acceptors (Lipinski definition) is 4. The Morgan fingerprint density at radius 1 is 1.40 bits per heavy atom. The number of benzene rings is 1. The van der Waals surface area contributed by atoms with Crippen LogP contribution in [0, 0.1) is 0 Å². The molecule has 1 N–H and O–H groups in total. The van der Waals surface area contributed by atoms with Crippen LogP contribution in [0.25, 0.3) is 0 Å². The minimum Gasteiger partial charge on any atom is -0.454 e. The molecule has 0 radical (unpaired) electrons. The molecule has 0 atom stereocenters. The van der Waals surface area contributed by atoms with E-state index in [1.165, 1.54) is 0 Å². The van der Waals surface area contributed by atoms with Gasteiger partial charge in [-0.1, -0.05) is 6.07 Å². The summed E-state index contributed by atoms with van der Waals surface area (Å²) in [6.45, 7) is 0.854. The van der Waals surface area contributed by atoms with Crippen molar-refractivity contribution < 1.29 is 19.3 Å². The number of hydrogen-bond donors (Lipinski definition) is 1. The molecular formula is C11H14O4. The van der Waals surface area contributed by atoms with Crippen LogP contribution < -0.4 is 9.47 Å². The van der Waals surface area contributed by atoms with Crippen molar-refractivity contribution in [3.8, 4) is 11.5 Å². The smallest absolute Gasteiger partial charge is 0.231 e. The first-order chi connectivity index (χ1) is 7.36. The first-order valence-electron chi connectivity index (χ1n) is 4.87. The van der Waals surface area contributed by atoms with Crippen LogP contribution in [-0.4, -0.2) is 25.6 Å². The van der Waals surface area contributed by atoms with E-state index in [2.05, 4.69) is 0 Å². The molecule has 15 heavy (non-hydrogen) atoms. The summed E-state index contributed by atoms with van der Waals surface area (Å²) in [5.41, 5.74) is 2.02. The molecule has 0 unspecified atom stereocenters. The van der Waals surface area contributed by atoms with Crippen LogP contribution in [0.1, 0.15) is 11.1 Å². The molecule has 82 valence electrons. The molecule has 0 fully saturated rings. The summed E-state index contributed by atoms with van der Waals surface area (Å²) < 4.78 is 15.8. The molecule has 1 aliphatic heterocycles. The predicted octanol–water partition coefficient (Wildman–Crippen LogP) is 1.10. The summed E-state index contributed by atoms with van der Waals surface area (Å²) in [5, 5.41) is 8.95. The first kappa shape index (κ1) is 10.3. The molecule has 0 aliphatic carbocycles. The van der Waals surface area contributed by atoms with Crippen LogP contribution in [0.15, 0.2) is 12.1 Å². The molecule has 0 aromatic heterocycles. The zero-order valence-corrected chi connectivity index (χ0v) is 8.66. The van der Waals surface area contributed by atoms with Gasteiger partial charge in [-0.15, -0.1) is 0 Å². The molecule has 0 amide bonds. The number of ether oxygens (including phenoxy) is 3. The van der Waals surface area contributed by atoms with E-state index in [1.54, 1.807) is 7.11 Å². The first-order valence-corrected chi connectivity index (χ1v) is 4.87. The third-order valence-corrected chi connectivity index (χ3v) is 2.41. The van der Waals surface area contributed by atoms with Gasteiger partial charge in [0.25, 0.3) is 0 Å². The molecule has 0 bridgehead atoms. The number of fused-ring (bicyclic) bond motifs is 1. The van der Waals surface area contributed by atoms with Crippen molar-refractivity contribution in [2.24, 2.45) is 0 Å². The summed E-state index contributed by atoms with van der Waals surface area (Å²) in [4.78, 5) is 0. The Morgan fingerprint density at radius 2 is 2.27 bits per heavy atom. The minimum atomic E-state index is 0.121. The maximum atomic E-state index is 8.95. The van der Waals surface area contributed by atoms with E-state index in [0.29, 0.717) is 13.0 Å². The van der Waals surface area contributed by atoms with Crippen molar-refractivity contribution in [2.45, 2.75) is 13.0 Å². The van der Waals surface area contributed by atoms with Gasteiger partial charge in [0, 0.05) is 19.3 Å². The van der Waals surface area contributed by atoms with Crippen molar-refractivity contribution in [1.29, 1.82) is 0 Å². The molecule has 0 saturated heterocycles. The lowest BCUT2D eigenvalue weighted by Crippen LogP contribution is -2.01. The van der Waals surface area contributed by atoms with Crippen LogP contribution in [-0.2, 0) is 17.8 Å². The quantitative estimate of drug-likeness (QED) is 0.808. The summed E-state index contributed by atoms with van der Waals surface area (Å²) >= 11 is 0. The monoisotopic (exact) mass is 210 g/mol. The Bertz CT molecular complexity index is 349. The highest BCUT2D eigenvalue weighted by Crippen LogP contribution is 2.37. The number of methoxy groups -OCH3 is 1. The minimum absolute atomic E-state index is 0.121. The molecule has 1 heterocycles. The van der Waals surface area contributed by atoms with Gasteiger partial charge in [-0.2, -0.15) is 0 Å². The average Bonchev–Trinajstić information content (AvgIpc) is 2.70. The second-order valence-electron chi connectivity index (χ2n) is 3.34. The van der Waals surface area contributed by atoms with Gasteiger partial charge in [0.1, 0.15) is 0 Å². The van der Waals surface area contributed by atoms with Crippen LogP contribution >= 0.6 is 0 Å². The van der Waals surface area contributed by atoms with Gasteiger partial charge < -0.3 is 19.3 Å². The number of rotatable bonds is 4. The van der Waals surface area contributed by atoms with E-state index in [1.807, 2.05) is 12.1 Å². The Morgan fingerprint density at radius 3 is 3.00 bits per heavy atom.